The second-order valence-electron chi connectivity index (χ2n) is 7.69. The van der Waals surface area contributed by atoms with Crippen molar-refractivity contribution >= 4 is 17.7 Å². The van der Waals surface area contributed by atoms with Crippen molar-refractivity contribution in [3.63, 3.8) is 0 Å². The van der Waals surface area contributed by atoms with Crippen LogP contribution in [0.2, 0.25) is 0 Å². The lowest BCUT2D eigenvalue weighted by molar-refractivity contribution is -0.745. The number of benzene rings is 2. The van der Waals surface area contributed by atoms with E-state index < -0.39 is 0 Å². The van der Waals surface area contributed by atoms with E-state index in [0.29, 0.717) is 18.0 Å². The van der Waals surface area contributed by atoms with Gasteiger partial charge >= 0.3 is 17.7 Å². The Labute approximate surface area is 180 Å². The molecule has 0 spiro atoms. The molecule has 0 bridgehead atoms. The first-order valence-corrected chi connectivity index (χ1v) is 10.4. The third-order valence-corrected chi connectivity index (χ3v) is 5.58. The van der Waals surface area contributed by atoms with Crippen LogP contribution in [-0.4, -0.2) is 27.1 Å². The highest BCUT2D eigenvalue weighted by molar-refractivity contribution is 5.91. The molecule has 7 nitrogen and oxygen atoms in total. The number of carbonyl (C=O) groups is 1. The maximum Gasteiger partial charge on any atom is 0.388 e. The van der Waals surface area contributed by atoms with E-state index in [-0.39, 0.29) is 12.0 Å². The molecular weight excluding hydrogens is 390 g/mol. The van der Waals surface area contributed by atoms with Gasteiger partial charge in [0.05, 0.1) is 12.3 Å². The van der Waals surface area contributed by atoms with E-state index in [1.165, 1.54) is 5.56 Å². The van der Waals surface area contributed by atoms with Crippen molar-refractivity contribution < 1.29 is 14.2 Å². The molecule has 1 unspecified atom stereocenters. The summed E-state index contributed by atoms with van der Waals surface area (Å²) in [4.78, 5) is 17.6. The summed E-state index contributed by atoms with van der Waals surface area (Å²) in [6, 6.07) is 17.9. The molecule has 2 N–H and O–H groups in total. The molecule has 0 aliphatic carbocycles. The number of nitrogens with one attached hydrogen (secondary N) is 2. The van der Waals surface area contributed by atoms with Crippen molar-refractivity contribution in [2.45, 2.75) is 26.8 Å². The molecule has 0 fully saturated rings. The molecule has 0 saturated heterocycles. The molecule has 1 aliphatic rings. The van der Waals surface area contributed by atoms with Gasteiger partial charge < -0.3 is 4.74 Å². The number of rotatable bonds is 4. The fourth-order valence-corrected chi connectivity index (χ4v) is 4.06. The zero-order valence-corrected chi connectivity index (χ0v) is 17.7. The zero-order valence-electron chi connectivity index (χ0n) is 17.7. The van der Waals surface area contributed by atoms with Crippen LogP contribution in [0.4, 0.5) is 5.95 Å². The Bertz CT molecular complexity index is 1300. The summed E-state index contributed by atoms with van der Waals surface area (Å²) in [5, 5.41) is 6.76. The highest BCUT2D eigenvalue weighted by Crippen LogP contribution is 2.31. The average molecular weight is 414 g/mol. The number of aryl methyl sites for hydroxylation is 1. The molecule has 7 heteroatoms. The van der Waals surface area contributed by atoms with Gasteiger partial charge in [-0.1, -0.05) is 60.2 Å². The average Bonchev–Trinajstić information content (AvgIpc) is 3.33. The highest BCUT2D eigenvalue weighted by Gasteiger charge is 2.40. The summed E-state index contributed by atoms with van der Waals surface area (Å²) in [7, 11) is 0. The largest absolute Gasteiger partial charge is 0.462 e. The molecule has 0 amide bonds. The Morgan fingerprint density at radius 3 is 2.58 bits per heavy atom. The maximum atomic E-state index is 12.9. The minimum Gasteiger partial charge on any atom is -0.462 e. The van der Waals surface area contributed by atoms with Gasteiger partial charge in [0.25, 0.3) is 0 Å². The van der Waals surface area contributed by atoms with Crippen LogP contribution in [0.1, 0.15) is 31.0 Å². The number of nitrogens with zero attached hydrogens (tertiary/aromatic N) is 3. The van der Waals surface area contributed by atoms with Crippen molar-refractivity contribution in [1.82, 2.24) is 14.5 Å². The topological polar surface area (TPSA) is 75.3 Å². The van der Waals surface area contributed by atoms with Gasteiger partial charge in [0.15, 0.2) is 6.04 Å². The summed E-state index contributed by atoms with van der Waals surface area (Å²) in [6.45, 7) is 6.11. The molecule has 156 valence electrons. The molecule has 31 heavy (non-hydrogen) atoms. The van der Waals surface area contributed by atoms with Gasteiger partial charge in [0, 0.05) is 5.56 Å². The summed E-state index contributed by atoms with van der Waals surface area (Å²) in [5.74, 6) is 1.17. The van der Waals surface area contributed by atoms with Gasteiger partial charge in [-0.05, 0) is 26.3 Å². The number of carbonyl (C=O) groups excluding carboxylic acids is 1. The molecule has 3 heterocycles. The number of aromatic nitrogens is 4. The Hall–Kier alpha value is -3.87. The van der Waals surface area contributed by atoms with E-state index >= 15 is 0 Å². The molecule has 1 atom stereocenters. The van der Waals surface area contributed by atoms with E-state index in [0.717, 1.165) is 28.5 Å². The van der Waals surface area contributed by atoms with Gasteiger partial charge in [-0.2, -0.15) is 9.38 Å². The van der Waals surface area contributed by atoms with Crippen molar-refractivity contribution in [1.29, 1.82) is 0 Å². The summed E-state index contributed by atoms with van der Waals surface area (Å²) >= 11 is 0. The minimum absolute atomic E-state index is 0.322. The predicted octanol–water partition coefficient (Wildman–Crippen LogP) is 3.78. The standard InChI is InChI=1S/C24H23N5O2/c1-4-31-22(30)20-16(3)25-24-28-14-19(17-12-10-15(2)11-13-17)26-23(28)27-29(24)21(20)18-8-6-5-7-9-18/h5-14,21H,4H2,1-3H3,(H,26,27)/p+1. The second kappa shape index (κ2) is 7.43. The van der Waals surface area contributed by atoms with Crippen molar-refractivity contribution in [2.75, 3.05) is 11.9 Å². The number of hydrogen-bond acceptors (Lipinski definition) is 4. The second-order valence-corrected chi connectivity index (χ2v) is 7.69. The molecule has 5 rings (SSSR count). The van der Waals surface area contributed by atoms with Gasteiger partial charge in [0.1, 0.15) is 17.5 Å². The van der Waals surface area contributed by atoms with Crippen LogP contribution in [0, 0.1) is 6.92 Å². The molecule has 1 aliphatic heterocycles. The predicted molar refractivity (Wildman–Crippen MR) is 117 cm³/mol. The van der Waals surface area contributed by atoms with Crippen LogP contribution in [0.25, 0.3) is 17.0 Å². The van der Waals surface area contributed by atoms with E-state index in [1.807, 2.05) is 59.5 Å². The zero-order chi connectivity index (χ0) is 21.5. The lowest BCUT2D eigenvalue weighted by Crippen LogP contribution is -2.50. The van der Waals surface area contributed by atoms with Gasteiger partial charge in [0.2, 0.25) is 0 Å². The van der Waals surface area contributed by atoms with Crippen molar-refractivity contribution in [3.05, 3.63) is 83.2 Å². The van der Waals surface area contributed by atoms with Crippen LogP contribution in [0.15, 0.2) is 72.1 Å². The molecule has 4 aromatic rings. The number of esters is 1. The minimum atomic E-state index is -0.346. The first-order chi connectivity index (χ1) is 15.1. The number of ether oxygens (including phenoxy) is 1. The van der Waals surface area contributed by atoms with E-state index in [1.54, 1.807) is 0 Å². The lowest BCUT2D eigenvalue weighted by Gasteiger charge is -2.23. The summed E-state index contributed by atoms with van der Waals surface area (Å²) in [6.07, 6.45) is 2.00. The van der Waals surface area contributed by atoms with E-state index in [4.69, 9.17) is 9.72 Å². The van der Waals surface area contributed by atoms with E-state index in [2.05, 4.69) is 41.6 Å². The molecule has 0 radical (unpaired) electrons. The van der Waals surface area contributed by atoms with Crippen LogP contribution in [0.3, 0.4) is 0 Å². The van der Waals surface area contributed by atoms with Crippen LogP contribution >= 0.6 is 0 Å². The van der Waals surface area contributed by atoms with Crippen LogP contribution in [0.5, 0.6) is 0 Å². The molecule has 2 aromatic heterocycles. The number of H-pyrrole nitrogens is 1. The summed E-state index contributed by atoms with van der Waals surface area (Å²) < 4.78 is 9.30. The normalized spacial score (nSPS) is 15.6. The number of imidazole rings is 1. The molecule has 0 saturated carbocycles. The monoisotopic (exact) mass is 414 g/mol. The number of fused-ring (bicyclic) bond motifs is 3. The van der Waals surface area contributed by atoms with Crippen molar-refractivity contribution in [2.24, 2.45) is 0 Å². The Balaban J connectivity index is 1.66. The first-order valence-electron chi connectivity index (χ1n) is 10.4. The van der Waals surface area contributed by atoms with Gasteiger partial charge in [-0.15, -0.1) is 4.68 Å². The van der Waals surface area contributed by atoms with Gasteiger partial charge in [-0.3, -0.25) is 0 Å². The number of allylic oxidation sites excluding steroid dienone is 1. The molecular formula is C24H24N5O2+. The Kier molecular flexibility index (Phi) is 4.58. The quantitative estimate of drug-likeness (QED) is 0.394. The van der Waals surface area contributed by atoms with Crippen molar-refractivity contribution in [3.8, 4) is 11.3 Å². The maximum absolute atomic E-state index is 12.9. The lowest BCUT2D eigenvalue weighted by atomic mass is 9.96. The Morgan fingerprint density at radius 1 is 1.13 bits per heavy atom. The first kappa shape index (κ1) is 19.1. The van der Waals surface area contributed by atoms with E-state index in [9.17, 15) is 4.79 Å². The van der Waals surface area contributed by atoms with Crippen LogP contribution in [-0.2, 0) is 9.53 Å². The SMILES string of the molecule is CCOC(=O)C1=C(C)Nc2n3cc(-c4ccc(C)cc4)nc3[nH][n+]2C1c1ccccc1. The smallest absolute Gasteiger partial charge is 0.388 e. The van der Waals surface area contributed by atoms with Gasteiger partial charge in [-0.25, -0.2) is 15.2 Å². The molecule has 2 aromatic carbocycles. The number of aromatic amines is 1. The van der Waals surface area contributed by atoms with Crippen LogP contribution < -0.4 is 10.00 Å². The fraction of sp³-hybridized carbons (Fsp3) is 0.208. The summed E-state index contributed by atoms with van der Waals surface area (Å²) in [5.41, 5.74) is 5.47. The fourth-order valence-electron chi connectivity index (χ4n) is 4.06. The highest BCUT2D eigenvalue weighted by atomic mass is 16.5. The third kappa shape index (κ3) is 3.18. The number of hydrogen-bond donors (Lipinski definition) is 2. The third-order valence-electron chi connectivity index (χ3n) is 5.58. The Morgan fingerprint density at radius 2 is 1.87 bits per heavy atom. The number of anilines is 1.